The first kappa shape index (κ1) is 9.17. The van der Waals surface area contributed by atoms with Gasteiger partial charge in [-0.3, -0.25) is 0 Å². The zero-order valence-electron chi connectivity index (χ0n) is 8.89. The van der Waals surface area contributed by atoms with Crippen LogP contribution in [0.3, 0.4) is 0 Å². The quantitative estimate of drug-likeness (QED) is 0.593. The molecule has 0 aromatic rings. The Labute approximate surface area is 86.0 Å². The van der Waals surface area contributed by atoms with Crippen molar-refractivity contribution in [3.8, 4) is 0 Å². The lowest BCUT2D eigenvalue weighted by Gasteiger charge is -2.48. The van der Waals surface area contributed by atoms with E-state index in [1.165, 1.54) is 51.4 Å². The molecule has 2 saturated heterocycles. The Kier molecular flexibility index (Phi) is 2.10. The maximum Gasteiger partial charge on any atom is 0.0971 e. The lowest BCUT2D eigenvalue weighted by molar-refractivity contribution is -0.187. The molecule has 0 bridgehead atoms. The molecule has 0 radical (unpaired) electrons. The molecule has 3 rings (SSSR count). The Bertz CT molecular complexity index is 188. The maximum absolute atomic E-state index is 6.09. The summed E-state index contributed by atoms with van der Waals surface area (Å²) in [5.41, 5.74) is 0.253. The Morgan fingerprint density at radius 3 is 1.36 bits per heavy atom. The Morgan fingerprint density at radius 2 is 1.00 bits per heavy atom. The van der Waals surface area contributed by atoms with Crippen LogP contribution >= 0.6 is 0 Å². The summed E-state index contributed by atoms with van der Waals surface area (Å²) in [6.07, 6.45) is 10.1. The minimum Gasteiger partial charge on any atom is -0.372 e. The van der Waals surface area contributed by atoms with E-state index in [1.807, 2.05) is 0 Å². The number of rotatable bonds is 0. The molecule has 0 aromatic carbocycles. The molecule has 3 fully saturated rings. The molecule has 80 valence electrons. The van der Waals surface area contributed by atoms with Crippen molar-refractivity contribution in [2.24, 2.45) is 0 Å². The van der Waals surface area contributed by atoms with Crippen LogP contribution in [0, 0.1) is 0 Å². The van der Waals surface area contributed by atoms with Gasteiger partial charge in [0.2, 0.25) is 0 Å². The second kappa shape index (κ2) is 3.21. The summed E-state index contributed by atoms with van der Waals surface area (Å²) < 4.78 is 12.2. The van der Waals surface area contributed by atoms with Crippen molar-refractivity contribution < 1.29 is 9.47 Å². The van der Waals surface area contributed by atoms with Crippen LogP contribution < -0.4 is 0 Å². The van der Waals surface area contributed by atoms with Gasteiger partial charge in [0.15, 0.2) is 0 Å². The summed E-state index contributed by atoms with van der Waals surface area (Å²) >= 11 is 0. The second-order valence-electron chi connectivity index (χ2n) is 5.10. The summed E-state index contributed by atoms with van der Waals surface area (Å²) in [6, 6.07) is 0. The third-order valence-corrected chi connectivity index (χ3v) is 4.45. The van der Waals surface area contributed by atoms with Gasteiger partial charge >= 0.3 is 0 Å². The van der Waals surface area contributed by atoms with Gasteiger partial charge in [0, 0.05) is 13.2 Å². The minimum absolute atomic E-state index is 0.127. The smallest absolute Gasteiger partial charge is 0.0971 e. The summed E-state index contributed by atoms with van der Waals surface area (Å²) in [6.45, 7) is 1.93. The van der Waals surface area contributed by atoms with Crippen LogP contribution in [-0.4, -0.2) is 24.4 Å². The Balaban J connectivity index is 1.91. The Morgan fingerprint density at radius 1 is 0.571 bits per heavy atom. The van der Waals surface area contributed by atoms with Crippen molar-refractivity contribution in [1.29, 1.82) is 0 Å². The van der Waals surface area contributed by atoms with Gasteiger partial charge in [-0.1, -0.05) is 12.8 Å². The molecule has 2 atom stereocenters. The van der Waals surface area contributed by atoms with Crippen molar-refractivity contribution in [1.82, 2.24) is 0 Å². The molecule has 14 heavy (non-hydrogen) atoms. The predicted octanol–water partition coefficient (Wildman–Crippen LogP) is 2.66. The highest BCUT2D eigenvalue weighted by Crippen LogP contribution is 2.52. The molecule has 1 aliphatic carbocycles. The topological polar surface area (TPSA) is 18.5 Å². The fraction of sp³-hybridized carbons (Fsp3) is 1.00. The summed E-state index contributed by atoms with van der Waals surface area (Å²) in [7, 11) is 0. The molecule has 0 unspecified atom stereocenters. The SMILES string of the molecule is C1CC[C@]2(CCCO2)[C@]2(C1)CCCO2. The van der Waals surface area contributed by atoms with Crippen LogP contribution in [0.4, 0.5) is 0 Å². The van der Waals surface area contributed by atoms with Crippen molar-refractivity contribution in [3.63, 3.8) is 0 Å². The van der Waals surface area contributed by atoms with Crippen LogP contribution in [0.25, 0.3) is 0 Å². The molecule has 3 aliphatic rings. The summed E-state index contributed by atoms with van der Waals surface area (Å²) in [4.78, 5) is 0. The number of fused-ring (bicyclic) bond motifs is 1. The standard InChI is InChI=1S/C12H20O2/c1-2-6-12(8-4-10-14-12)11(5-1)7-3-9-13-11/h1-10H2/t11-,12-/m0/s1. The largest absolute Gasteiger partial charge is 0.372 e. The highest BCUT2D eigenvalue weighted by Gasteiger charge is 2.57. The predicted molar refractivity (Wildman–Crippen MR) is 54.3 cm³/mol. The van der Waals surface area contributed by atoms with E-state index < -0.39 is 0 Å². The van der Waals surface area contributed by atoms with Gasteiger partial charge in [-0.05, 0) is 38.5 Å². The van der Waals surface area contributed by atoms with E-state index in [0.29, 0.717) is 0 Å². The molecule has 2 heterocycles. The Hall–Kier alpha value is -0.0800. The van der Waals surface area contributed by atoms with Crippen molar-refractivity contribution in [2.45, 2.75) is 62.6 Å². The van der Waals surface area contributed by atoms with Gasteiger partial charge in [-0.15, -0.1) is 0 Å². The van der Waals surface area contributed by atoms with Crippen LogP contribution in [0.2, 0.25) is 0 Å². The summed E-state index contributed by atoms with van der Waals surface area (Å²) in [5.74, 6) is 0. The molecular formula is C12H20O2. The van der Waals surface area contributed by atoms with E-state index in [2.05, 4.69) is 0 Å². The molecule has 2 aliphatic heterocycles. The first-order valence-electron chi connectivity index (χ1n) is 6.15. The molecule has 0 N–H and O–H groups in total. The second-order valence-corrected chi connectivity index (χ2v) is 5.10. The van der Waals surface area contributed by atoms with Gasteiger partial charge in [0.1, 0.15) is 0 Å². The molecule has 2 heteroatoms. The van der Waals surface area contributed by atoms with Crippen molar-refractivity contribution in [3.05, 3.63) is 0 Å². The van der Waals surface area contributed by atoms with E-state index in [9.17, 15) is 0 Å². The van der Waals surface area contributed by atoms with E-state index >= 15 is 0 Å². The molecular weight excluding hydrogens is 176 g/mol. The fourth-order valence-electron chi connectivity index (χ4n) is 3.78. The average Bonchev–Trinajstić information content (AvgIpc) is 2.81. The van der Waals surface area contributed by atoms with Gasteiger partial charge in [0.05, 0.1) is 11.2 Å². The van der Waals surface area contributed by atoms with Crippen LogP contribution in [0.5, 0.6) is 0 Å². The molecule has 0 amide bonds. The lowest BCUT2D eigenvalue weighted by atomic mass is 9.69. The molecule has 2 spiro atoms. The van der Waals surface area contributed by atoms with Gasteiger partial charge in [0.25, 0.3) is 0 Å². The lowest BCUT2D eigenvalue weighted by Crippen LogP contribution is -2.55. The van der Waals surface area contributed by atoms with E-state index in [0.717, 1.165) is 13.2 Å². The third kappa shape index (κ3) is 1.10. The third-order valence-electron chi connectivity index (χ3n) is 4.45. The maximum atomic E-state index is 6.09. The zero-order chi connectivity index (χ0) is 9.49. The fourth-order valence-corrected chi connectivity index (χ4v) is 3.78. The van der Waals surface area contributed by atoms with Crippen molar-refractivity contribution in [2.75, 3.05) is 13.2 Å². The van der Waals surface area contributed by atoms with Crippen LogP contribution in [0.1, 0.15) is 51.4 Å². The molecule has 2 nitrogen and oxygen atoms in total. The van der Waals surface area contributed by atoms with Crippen LogP contribution in [0.15, 0.2) is 0 Å². The van der Waals surface area contributed by atoms with E-state index in [-0.39, 0.29) is 11.2 Å². The highest BCUT2D eigenvalue weighted by molar-refractivity contribution is 5.08. The van der Waals surface area contributed by atoms with E-state index in [1.54, 1.807) is 0 Å². The minimum atomic E-state index is 0.127. The first-order chi connectivity index (χ1) is 6.87. The number of hydrogen-bond acceptors (Lipinski definition) is 2. The normalized spacial score (nSPS) is 48.0. The van der Waals surface area contributed by atoms with Crippen LogP contribution in [-0.2, 0) is 9.47 Å². The monoisotopic (exact) mass is 196 g/mol. The average molecular weight is 196 g/mol. The van der Waals surface area contributed by atoms with Gasteiger partial charge in [-0.2, -0.15) is 0 Å². The summed E-state index contributed by atoms with van der Waals surface area (Å²) in [5, 5.41) is 0. The van der Waals surface area contributed by atoms with E-state index in [4.69, 9.17) is 9.47 Å². The number of ether oxygens (including phenoxy) is 2. The zero-order valence-corrected chi connectivity index (χ0v) is 8.89. The first-order valence-corrected chi connectivity index (χ1v) is 6.15. The molecule has 1 saturated carbocycles. The highest BCUT2D eigenvalue weighted by atomic mass is 16.6. The number of hydrogen-bond donors (Lipinski definition) is 0. The van der Waals surface area contributed by atoms with Gasteiger partial charge in [-0.25, -0.2) is 0 Å². The van der Waals surface area contributed by atoms with Gasteiger partial charge < -0.3 is 9.47 Å². The van der Waals surface area contributed by atoms with Crippen molar-refractivity contribution >= 4 is 0 Å². The molecule has 0 aromatic heterocycles.